The van der Waals surface area contributed by atoms with Gasteiger partial charge in [-0.15, -0.1) is 0 Å². The lowest BCUT2D eigenvalue weighted by molar-refractivity contribution is -0.138. The molecule has 0 spiro atoms. The first-order valence-corrected chi connectivity index (χ1v) is 12.1. The van der Waals surface area contributed by atoms with Crippen molar-refractivity contribution in [3.63, 3.8) is 0 Å². The SMILES string of the molecule is CCOC(=O)c1c(-c2cc(C(F)(F)F)c(C)nc2Oc2ccc(F)c(F)c2C)[nH]c(C)c(-c2cccc(=O)[nH]2)c1=O. The Morgan fingerprint density at radius 2 is 1.73 bits per heavy atom. The molecule has 2 N–H and O–H groups in total. The number of alkyl halides is 3. The van der Waals surface area contributed by atoms with Gasteiger partial charge in [0.05, 0.1) is 40.4 Å². The Bertz CT molecular complexity index is 1790. The molecule has 0 fully saturated rings. The predicted molar refractivity (Wildman–Crippen MR) is 138 cm³/mol. The third-order valence-electron chi connectivity index (χ3n) is 6.16. The highest BCUT2D eigenvalue weighted by molar-refractivity contribution is 5.98. The number of ether oxygens (including phenoxy) is 2. The molecule has 8 nitrogen and oxygen atoms in total. The fraction of sp³-hybridized carbons (Fsp3) is 0.214. The normalized spacial score (nSPS) is 11.4. The number of pyridine rings is 3. The molecule has 3 aromatic heterocycles. The minimum Gasteiger partial charge on any atom is -0.462 e. The molecule has 0 aliphatic heterocycles. The van der Waals surface area contributed by atoms with Crippen LogP contribution in [0.25, 0.3) is 22.5 Å². The van der Waals surface area contributed by atoms with Crippen LogP contribution in [0.1, 0.15) is 39.8 Å². The summed E-state index contributed by atoms with van der Waals surface area (Å²) < 4.78 is 80.6. The Morgan fingerprint density at radius 1 is 1.02 bits per heavy atom. The zero-order valence-corrected chi connectivity index (χ0v) is 22.0. The smallest absolute Gasteiger partial charge is 0.418 e. The minimum atomic E-state index is -4.90. The van der Waals surface area contributed by atoms with Gasteiger partial charge in [0, 0.05) is 17.3 Å². The van der Waals surface area contributed by atoms with Crippen molar-refractivity contribution in [1.82, 2.24) is 15.0 Å². The molecule has 0 atom stereocenters. The molecule has 1 aromatic carbocycles. The number of carbonyl (C=O) groups excluding carboxylic acids is 1. The predicted octanol–water partition coefficient (Wildman–Crippen LogP) is 5.98. The van der Waals surface area contributed by atoms with E-state index in [1.807, 2.05) is 0 Å². The summed E-state index contributed by atoms with van der Waals surface area (Å²) >= 11 is 0. The molecule has 41 heavy (non-hydrogen) atoms. The molecule has 13 heteroatoms. The number of nitrogens with one attached hydrogen (secondary N) is 2. The van der Waals surface area contributed by atoms with E-state index in [0.717, 1.165) is 19.1 Å². The molecule has 0 amide bonds. The summed E-state index contributed by atoms with van der Waals surface area (Å²) in [5, 5.41) is 0. The number of aryl methyl sites for hydroxylation is 2. The summed E-state index contributed by atoms with van der Waals surface area (Å²) in [6.45, 7) is 4.95. The van der Waals surface area contributed by atoms with Gasteiger partial charge in [-0.3, -0.25) is 9.59 Å². The van der Waals surface area contributed by atoms with Crippen LogP contribution < -0.4 is 15.7 Å². The van der Waals surface area contributed by atoms with Crippen LogP contribution in [-0.4, -0.2) is 27.5 Å². The van der Waals surface area contributed by atoms with E-state index in [4.69, 9.17) is 9.47 Å². The summed E-state index contributed by atoms with van der Waals surface area (Å²) in [6.07, 6.45) is -4.90. The second kappa shape index (κ2) is 11.0. The zero-order valence-electron chi connectivity index (χ0n) is 22.0. The van der Waals surface area contributed by atoms with Crippen LogP contribution in [0, 0.1) is 32.4 Å². The molecule has 4 rings (SSSR count). The van der Waals surface area contributed by atoms with Gasteiger partial charge in [0.15, 0.2) is 11.6 Å². The van der Waals surface area contributed by atoms with Gasteiger partial charge < -0.3 is 19.4 Å². The van der Waals surface area contributed by atoms with Crippen LogP contribution in [0.2, 0.25) is 0 Å². The summed E-state index contributed by atoms with van der Waals surface area (Å²) in [5.41, 5.74) is -5.15. The van der Waals surface area contributed by atoms with E-state index in [2.05, 4.69) is 15.0 Å². The number of hydrogen-bond acceptors (Lipinski definition) is 6. The van der Waals surface area contributed by atoms with Crippen molar-refractivity contribution in [1.29, 1.82) is 0 Å². The van der Waals surface area contributed by atoms with E-state index in [1.165, 1.54) is 39.0 Å². The number of nitrogens with zero attached hydrogens (tertiary/aromatic N) is 1. The maximum atomic E-state index is 14.3. The van der Waals surface area contributed by atoms with Crippen molar-refractivity contribution in [3.8, 4) is 34.1 Å². The first kappa shape index (κ1) is 29.2. The van der Waals surface area contributed by atoms with Crippen LogP contribution in [0.15, 0.2) is 46.0 Å². The van der Waals surface area contributed by atoms with Gasteiger partial charge in [0.1, 0.15) is 11.3 Å². The number of halogens is 5. The Labute approximate surface area is 228 Å². The number of aromatic amines is 2. The lowest BCUT2D eigenvalue weighted by atomic mass is 9.98. The molecule has 0 saturated carbocycles. The van der Waals surface area contributed by atoms with Gasteiger partial charge in [-0.2, -0.15) is 13.2 Å². The van der Waals surface area contributed by atoms with Crippen molar-refractivity contribution >= 4 is 5.97 Å². The van der Waals surface area contributed by atoms with Crippen LogP contribution in [-0.2, 0) is 10.9 Å². The number of esters is 1. The van der Waals surface area contributed by atoms with Crippen molar-refractivity contribution in [2.45, 2.75) is 33.9 Å². The van der Waals surface area contributed by atoms with Crippen LogP contribution >= 0.6 is 0 Å². The molecular weight excluding hydrogens is 553 g/mol. The second-order valence-corrected chi connectivity index (χ2v) is 8.91. The van der Waals surface area contributed by atoms with Crippen LogP contribution in [0.5, 0.6) is 11.6 Å². The molecule has 0 unspecified atom stereocenters. The molecule has 4 aromatic rings. The molecule has 3 heterocycles. The lowest BCUT2D eigenvalue weighted by Gasteiger charge is -2.19. The van der Waals surface area contributed by atoms with Gasteiger partial charge in [-0.05, 0) is 52.0 Å². The van der Waals surface area contributed by atoms with Crippen LogP contribution in [0.4, 0.5) is 22.0 Å². The fourth-order valence-corrected chi connectivity index (χ4v) is 4.22. The van der Waals surface area contributed by atoms with Crippen LogP contribution in [0.3, 0.4) is 0 Å². The molecule has 0 aliphatic carbocycles. The largest absolute Gasteiger partial charge is 0.462 e. The number of hydrogen-bond donors (Lipinski definition) is 2. The van der Waals surface area contributed by atoms with Gasteiger partial charge in [0.2, 0.25) is 16.9 Å². The van der Waals surface area contributed by atoms with Crippen molar-refractivity contribution in [2.75, 3.05) is 6.61 Å². The summed E-state index contributed by atoms with van der Waals surface area (Å²) in [4.78, 5) is 47.9. The topological polar surface area (TPSA) is 114 Å². The number of rotatable bonds is 6. The Kier molecular flexibility index (Phi) is 7.82. The van der Waals surface area contributed by atoms with Gasteiger partial charge in [-0.25, -0.2) is 18.6 Å². The van der Waals surface area contributed by atoms with E-state index in [1.54, 1.807) is 0 Å². The minimum absolute atomic E-state index is 0.0419. The molecule has 0 radical (unpaired) electrons. The zero-order chi connectivity index (χ0) is 30.2. The molecule has 214 valence electrons. The maximum Gasteiger partial charge on any atom is 0.418 e. The monoisotopic (exact) mass is 575 g/mol. The summed E-state index contributed by atoms with van der Waals surface area (Å²) in [7, 11) is 0. The Balaban J connectivity index is 2.09. The average Bonchev–Trinajstić information content (AvgIpc) is 2.88. The third-order valence-corrected chi connectivity index (χ3v) is 6.16. The van der Waals surface area contributed by atoms with Gasteiger partial charge in [-0.1, -0.05) is 6.07 Å². The number of H-pyrrole nitrogens is 2. The quantitative estimate of drug-likeness (QED) is 0.216. The van der Waals surface area contributed by atoms with Gasteiger partial charge >= 0.3 is 12.1 Å². The number of benzene rings is 1. The number of carbonyl (C=O) groups is 1. The highest BCUT2D eigenvalue weighted by Gasteiger charge is 2.36. The van der Waals surface area contributed by atoms with E-state index in [-0.39, 0.29) is 34.9 Å². The van der Waals surface area contributed by atoms with E-state index in [9.17, 15) is 36.3 Å². The summed E-state index contributed by atoms with van der Waals surface area (Å²) in [6, 6.07) is 6.43. The Hall–Kier alpha value is -4.81. The van der Waals surface area contributed by atoms with E-state index in [0.29, 0.717) is 6.07 Å². The summed E-state index contributed by atoms with van der Waals surface area (Å²) in [5.74, 6) is -4.40. The van der Waals surface area contributed by atoms with Gasteiger partial charge in [0.25, 0.3) is 0 Å². The molecule has 0 aliphatic rings. The Morgan fingerprint density at radius 3 is 2.37 bits per heavy atom. The maximum absolute atomic E-state index is 14.3. The van der Waals surface area contributed by atoms with Crippen molar-refractivity contribution in [3.05, 3.63) is 96.7 Å². The molecule has 0 bridgehead atoms. The first-order valence-electron chi connectivity index (χ1n) is 12.1. The lowest BCUT2D eigenvalue weighted by Crippen LogP contribution is -2.24. The highest BCUT2D eigenvalue weighted by atomic mass is 19.4. The fourth-order valence-electron chi connectivity index (χ4n) is 4.22. The number of aromatic nitrogens is 3. The standard InChI is InChI=1S/C28H22F5N3O5/c1-5-40-27(39)22-24(34-14(4)21(25(22)38)18-7-6-8-20(37)36-18)15-11-16(28(31,32)33)13(3)35-26(15)41-19-10-9-17(29)23(30)12(19)2/h6-11H,5H2,1-4H3,(H,34,38)(H,36,37). The molecular formula is C28H22F5N3O5. The second-order valence-electron chi connectivity index (χ2n) is 8.91. The highest BCUT2D eigenvalue weighted by Crippen LogP contribution is 2.40. The van der Waals surface area contributed by atoms with Crippen molar-refractivity contribution in [2.24, 2.45) is 0 Å². The van der Waals surface area contributed by atoms with Crippen molar-refractivity contribution < 1.29 is 36.2 Å². The first-order chi connectivity index (χ1) is 19.2. The van der Waals surface area contributed by atoms with E-state index >= 15 is 0 Å². The molecule has 0 saturated heterocycles. The third kappa shape index (κ3) is 5.60. The average molecular weight is 575 g/mol. The van der Waals surface area contributed by atoms with E-state index < -0.39 is 68.7 Å².